The lowest BCUT2D eigenvalue weighted by molar-refractivity contribution is -0.139. The zero-order valence-electron chi connectivity index (χ0n) is 7.29. The molecule has 0 spiro atoms. The van der Waals surface area contributed by atoms with E-state index in [1.165, 1.54) is 0 Å². The first-order valence-electron chi connectivity index (χ1n) is 4.44. The highest BCUT2D eigenvalue weighted by atomic mass is 16.4. The van der Waals surface area contributed by atoms with Gasteiger partial charge in [-0.1, -0.05) is 6.42 Å². The summed E-state index contributed by atoms with van der Waals surface area (Å²) in [5.74, 6) is -0.727. The van der Waals surface area contributed by atoms with E-state index in [-0.39, 0.29) is 11.8 Å². The highest BCUT2D eigenvalue weighted by Gasteiger charge is 2.41. The van der Waals surface area contributed by atoms with Gasteiger partial charge in [-0.05, 0) is 12.8 Å². The van der Waals surface area contributed by atoms with Gasteiger partial charge in [-0.25, -0.2) is 4.98 Å². The summed E-state index contributed by atoms with van der Waals surface area (Å²) in [6.45, 7) is 0. The number of aliphatic carboxylic acids is 1. The van der Waals surface area contributed by atoms with Crippen LogP contribution in [0, 0.1) is 0 Å². The Balaban J connectivity index is 2.20. The van der Waals surface area contributed by atoms with Gasteiger partial charge in [-0.15, -0.1) is 0 Å². The minimum Gasteiger partial charge on any atom is -0.481 e. The van der Waals surface area contributed by atoms with Crippen molar-refractivity contribution in [3.8, 4) is 0 Å². The van der Waals surface area contributed by atoms with Crippen LogP contribution in [0.25, 0.3) is 0 Å². The molecule has 1 fully saturated rings. The van der Waals surface area contributed by atoms with Crippen molar-refractivity contribution in [1.82, 2.24) is 9.97 Å². The number of H-pyrrole nitrogens is 1. The van der Waals surface area contributed by atoms with Crippen LogP contribution in [-0.4, -0.2) is 21.0 Å². The third-order valence-electron chi connectivity index (χ3n) is 2.87. The summed E-state index contributed by atoms with van der Waals surface area (Å²) in [4.78, 5) is 17.6. The van der Waals surface area contributed by atoms with E-state index in [2.05, 4.69) is 9.97 Å². The number of carbonyl (C=O) groups is 1. The molecule has 2 N–H and O–H groups in total. The zero-order chi connectivity index (χ0) is 9.31. The smallest absolute Gasteiger partial charge is 0.304 e. The van der Waals surface area contributed by atoms with Crippen LogP contribution in [0.5, 0.6) is 0 Å². The van der Waals surface area contributed by atoms with Gasteiger partial charge in [-0.2, -0.15) is 0 Å². The molecular weight excluding hydrogens is 168 g/mol. The van der Waals surface area contributed by atoms with E-state index < -0.39 is 5.97 Å². The molecule has 0 saturated heterocycles. The van der Waals surface area contributed by atoms with Crippen LogP contribution in [0.3, 0.4) is 0 Å². The van der Waals surface area contributed by atoms with Crippen LogP contribution in [0.15, 0.2) is 12.5 Å². The first-order valence-corrected chi connectivity index (χ1v) is 4.44. The van der Waals surface area contributed by atoms with Gasteiger partial charge in [-0.3, -0.25) is 4.79 Å². The van der Waals surface area contributed by atoms with Crippen molar-refractivity contribution in [1.29, 1.82) is 0 Å². The van der Waals surface area contributed by atoms with Crippen molar-refractivity contribution < 1.29 is 9.90 Å². The van der Waals surface area contributed by atoms with Crippen LogP contribution in [0.1, 0.15) is 31.4 Å². The number of aromatic nitrogens is 2. The Bertz CT molecular complexity index is 301. The number of rotatable bonds is 3. The predicted octanol–water partition coefficient (Wildman–Crippen LogP) is 1.31. The van der Waals surface area contributed by atoms with Gasteiger partial charge in [0.1, 0.15) is 0 Å². The Morgan fingerprint density at radius 1 is 1.69 bits per heavy atom. The SMILES string of the molecule is O=C(O)CC1(c2cnc[nH]2)CCC1. The maximum absolute atomic E-state index is 10.7. The number of aromatic amines is 1. The summed E-state index contributed by atoms with van der Waals surface area (Å²) in [6, 6.07) is 0. The summed E-state index contributed by atoms with van der Waals surface area (Å²) in [5.41, 5.74) is 0.823. The predicted molar refractivity (Wildman–Crippen MR) is 46.4 cm³/mol. The second-order valence-corrected chi connectivity index (χ2v) is 3.67. The molecule has 4 nitrogen and oxygen atoms in total. The van der Waals surface area contributed by atoms with E-state index >= 15 is 0 Å². The Hall–Kier alpha value is -1.32. The number of nitrogens with zero attached hydrogens (tertiary/aromatic N) is 1. The number of imidazole rings is 1. The molecule has 70 valence electrons. The number of nitrogens with one attached hydrogen (secondary N) is 1. The Morgan fingerprint density at radius 3 is 2.85 bits per heavy atom. The maximum Gasteiger partial charge on any atom is 0.304 e. The van der Waals surface area contributed by atoms with Gasteiger partial charge >= 0.3 is 5.97 Å². The van der Waals surface area contributed by atoms with Crippen LogP contribution in [-0.2, 0) is 10.2 Å². The van der Waals surface area contributed by atoms with E-state index in [0.717, 1.165) is 25.0 Å². The van der Waals surface area contributed by atoms with Crippen molar-refractivity contribution >= 4 is 5.97 Å². The zero-order valence-corrected chi connectivity index (χ0v) is 7.29. The van der Waals surface area contributed by atoms with Crippen molar-refractivity contribution in [3.63, 3.8) is 0 Å². The lowest BCUT2D eigenvalue weighted by atomic mass is 9.65. The molecular formula is C9H12N2O2. The fraction of sp³-hybridized carbons (Fsp3) is 0.556. The molecule has 0 aromatic carbocycles. The van der Waals surface area contributed by atoms with E-state index in [1.807, 2.05) is 0 Å². The summed E-state index contributed by atoms with van der Waals surface area (Å²) < 4.78 is 0. The van der Waals surface area contributed by atoms with Crippen LogP contribution >= 0.6 is 0 Å². The number of carboxylic acid groups (broad SMARTS) is 1. The Morgan fingerprint density at radius 2 is 2.46 bits per heavy atom. The number of carboxylic acids is 1. The van der Waals surface area contributed by atoms with Gasteiger partial charge < -0.3 is 10.1 Å². The summed E-state index contributed by atoms with van der Waals surface area (Å²) >= 11 is 0. The largest absolute Gasteiger partial charge is 0.481 e. The minimum atomic E-state index is -0.727. The molecule has 1 aliphatic rings. The number of hydrogen-bond donors (Lipinski definition) is 2. The van der Waals surface area contributed by atoms with Crippen LogP contribution in [0.4, 0.5) is 0 Å². The van der Waals surface area contributed by atoms with Gasteiger partial charge in [0, 0.05) is 17.3 Å². The molecule has 0 unspecified atom stereocenters. The first kappa shape index (κ1) is 8.29. The molecule has 4 heteroatoms. The van der Waals surface area contributed by atoms with E-state index in [1.54, 1.807) is 12.5 Å². The average molecular weight is 180 g/mol. The monoisotopic (exact) mass is 180 g/mol. The standard InChI is InChI=1S/C9H12N2O2/c12-8(13)4-9(2-1-3-9)7-5-10-6-11-7/h5-6H,1-4H2,(H,10,11)(H,12,13). The quantitative estimate of drug-likeness (QED) is 0.736. The molecule has 0 aliphatic heterocycles. The summed E-state index contributed by atoms with van der Waals surface area (Å²) in [5, 5.41) is 8.78. The molecule has 1 heterocycles. The van der Waals surface area contributed by atoms with Crippen molar-refractivity contribution in [2.75, 3.05) is 0 Å². The normalized spacial score (nSPS) is 19.4. The molecule has 1 aliphatic carbocycles. The average Bonchev–Trinajstić information content (AvgIpc) is 2.48. The molecule has 0 bridgehead atoms. The lowest BCUT2D eigenvalue weighted by Gasteiger charge is -2.39. The molecule has 1 aromatic rings. The van der Waals surface area contributed by atoms with Gasteiger partial charge in [0.15, 0.2) is 0 Å². The highest BCUT2D eigenvalue weighted by molar-refractivity contribution is 5.69. The first-order chi connectivity index (χ1) is 6.23. The van der Waals surface area contributed by atoms with Crippen molar-refractivity contribution in [2.24, 2.45) is 0 Å². The molecule has 1 saturated carbocycles. The molecule has 0 amide bonds. The van der Waals surface area contributed by atoms with Gasteiger partial charge in [0.25, 0.3) is 0 Å². The van der Waals surface area contributed by atoms with E-state index in [9.17, 15) is 4.79 Å². The van der Waals surface area contributed by atoms with Crippen LogP contribution in [0.2, 0.25) is 0 Å². The molecule has 2 rings (SSSR count). The molecule has 0 atom stereocenters. The Labute approximate surface area is 76.0 Å². The third-order valence-corrected chi connectivity index (χ3v) is 2.87. The third kappa shape index (κ3) is 1.32. The van der Waals surface area contributed by atoms with E-state index in [4.69, 9.17) is 5.11 Å². The number of hydrogen-bond acceptors (Lipinski definition) is 2. The lowest BCUT2D eigenvalue weighted by Crippen LogP contribution is -2.36. The van der Waals surface area contributed by atoms with E-state index in [0.29, 0.717) is 0 Å². The van der Waals surface area contributed by atoms with Gasteiger partial charge in [0.2, 0.25) is 0 Å². The molecule has 1 aromatic heterocycles. The second kappa shape index (κ2) is 2.87. The second-order valence-electron chi connectivity index (χ2n) is 3.67. The Kier molecular flexibility index (Phi) is 1.83. The summed E-state index contributed by atoms with van der Waals surface area (Å²) in [6.07, 6.45) is 6.60. The summed E-state index contributed by atoms with van der Waals surface area (Å²) in [7, 11) is 0. The van der Waals surface area contributed by atoms with Gasteiger partial charge in [0.05, 0.1) is 12.7 Å². The fourth-order valence-electron chi connectivity index (χ4n) is 1.98. The molecule has 13 heavy (non-hydrogen) atoms. The topological polar surface area (TPSA) is 66.0 Å². The molecule has 0 radical (unpaired) electrons. The van der Waals surface area contributed by atoms with Crippen molar-refractivity contribution in [3.05, 3.63) is 18.2 Å². The minimum absolute atomic E-state index is 0.150. The van der Waals surface area contributed by atoms with Crippen molar-refractivity contribution in [2.45, 2.75) is 31.1 Å². The van der Waals surface area contributed by atoms with Crippen LogP contribution < -0.4 is 0 Å². The fourth-order valence-corrected chi connectivity index (χ4v) is 1.98. The highest BCUT2D eigenvalue weighted by Crippen LogP contribution is 2.45. The maximum atomic E-state index is 10.7.